The van der Waals surface area contributed by atoms with Gasteiger partial charge in [-0.1, -0.05) is 0 Å². The maximum atomic E-state index is 5.67. The fourth-order valence-electron chi connectivity index (χ4n) is 1.97. The van der Waals surface area contributed by atoms with Crippen molar-refractivity contribution in [2.75, 3.05) is 23.7 Å². The van der Waals surface area contributed by atoms with E-state index in [1.54, 1.807) is 0 Å². The SMILES string of the molecule is C[C@@H]1CN(c2ccc(N)nc2)C[C@H](C)O1. The van der Waals surface area contributed by atoms with E-state index in [9.17, 15) is 0 Å². The van der Waals surface area contributed by atoms with Gasteiger partial charge >= 0.3 is 0 Å². The maximum absolute atomic E-state index is 5.67. The number of anilines is 2. The van der Waals surface area contributed by atoms with Crippen LogP contribution in [0.3, 0.4) is 0 Å². The molecule has 2 heterocycles. The first-order valence-corrected chi connectivity index (χ1v) is 5.27. The van der Waals surface area contributed by atoms with Crippen molar-refractivity contribution < 1.29 is 4.74 Å². The normalized spacial score (nSPS) is 26.7. The van der Waals surface area contributed by atoms with Crippen molar-refractivity contribution in [2.24, 2.45) is 0 Å². The zero-order valence-corrected chi connectivity index (χ0v) is 9.18. The third-order valence-corrected chi connectivity index (χ3v) is 2.56. The van der Waals surface area contributed by atoms with Crippen LogP contribution in [-0.2, 0) is 4.74 Å². The fourth-order valence-corrected chi connectivity index (χ4v) is 1.97. The average molecular weight is 207 g/mol. The number of morpholine rings is 1. The lowest BCUT2D eigenvalue weighted by molar-refractivity contribution is -0.00523. The van der Waals surface area contributed by atoms with Crippen LogP contribution in [0.15, 0.2) is 18.3 Å². The molecule has 2 N–H and O–H groups in total. The summed E-state index contributed by atoms with van der Waals surface area (Å²) in [7, 11) is 0. The number of nitrogens with zero attached hydrogens (tertiary/aromatic N) is 2. The standard InChI is InChI=1S/C11H17N3O/c1-8-6-14(7-9(2)15-8)10-3-4-11(12)13-5-10/h3-5,8-9H,6-7H2,1-2H3,(H2,12,13)/t8-,9+. The van der Waals surface area contributed by atoms with Gasteiger partial charge in [0.2, 0.25) is 0 Å². The molecule has 4 heteroatoms. The third kappa shape index (κ3) is 2.39. The van der Waals surface area contributed by atoms with Crippen LogP contribution in [0.1, 0.15) is 13.8 Å². The van der Waals surface area contributed by atoms with Gasteiger partial charge in [-0.2, -0.15) is 0 Å². The van der Waals surface area contributed by atoms with E-state index >= 15 is 0 Å². The number of hydrogen-bond acceptors (Lipinski definition) is 4. The van der Waals surface area contributed by atoms with Crippen LogP contribution < -0.4 is 10.6 Å². The molecule has 0 aromatic carbocycles. The molecule has 1 aromatic heterocycles. The van der Waals surface area contributed by atoms with E-state index in [0.717, 1.165) is 18.8 Å². The van der Waals surface area contributed by atoms with Gasteiger partial charge in [0.05, 0.1) is 24.1 Å². The highest BCUT2D eigenvalue weighted by Gasteiger charge is 2.22. The molecule has 1 fully saturated rings. The highest BCUT2D eigenvalue weighted by Crippen LogP contribution is 2.19. The van der Waals surface area contributed by atoms with Crippen molar-refractivity contribution in [3.05, 3.63) is 18.3 Å². The van der Waals surface area contributed by atoms with Gasteiger partial charge in [0.15, 0.2) is 0 Å². The molecular formula is C11H17N3O. The molecule has 2 rings (SSSR count). The Labute approximate surface area is 90.0 Å². The molecule has 0 amide bonds. The smallest absolute Gasteiger partial charge is 0.123 e. The molecule has 1 aliphatic heterocycles. The third-order valence-electron chi connectivity index (χ3n) is 2.56. The second kappa shape index (κ2) is 4.06. The van der Waals surface area contributed by atoms with Gasteiger partial charge in [0, 0.05) is 13.1 Å². The van der Waals surface area contributed by atoms with Crippen molar-refractivity contribution in [1.29, 1.82) is 0 Å². The molecule has 0 unspecified atom stereocenters. The second-order valence-corrected chi connectivity index (χ2v) is 4.10. The van der Waals surface area contributed by atoms with Gasteiger partial charge in [0.25, 0.3) is 0 Å². The van der Waals surface area contributed by atoms with Crippen molar-refractivity contribution in [1.82, 2.24) is 4.98 Å². The van der Waals surface area contributed by atoms with Gasteiger partial charge in [-0.25, -0.2) is 4.98 Å². The lowest BCUT2D eigenvalue weighted by Gasteiger charge is -2.36. The van der Waals surface area contributed by atoms with Crippen LogP contribution in [0.4, 0.5) is 11.5 Å². The van der Waals surface area contributed by atoms with E-state index in [2.05, 4.69) is 23.7 Å². The highest BCUT2D eigenvalue weighted by atomic mass is 16.5. The van der Waals surface area contributed by atoms with Crippen molar-refractivity contribution in [3.8, 4) is 0 Å². The molecule has 1 aliphatic rings. The summed E-state index contributed by atoms with van der Waals surface area (Å²) in [5.41, 5.74) is 6.67. The molecule has 82 valence electrons. The van der Waals surface area contributed by atoms with Crippen LogP contribution in [0, 0.1) is 0 Å². The summed E-state index contributed by atoms with van der Waals surface area (Å²) < 4.78 is 5.67. The van der Waals surface area contributed by atoms with E-state index < -0.39 is 0 Å². The molecule has 4 nitrogen and oxygen atoms in total. The molecule has 2 atom stereocenters. The zero-order valence-electron chi connectivity index (χ0n) is 9.18. The van der Waals surface area contributed by atoms with E-state index in [1.165, 1.54) is 0 Å². The topological polar surface area (TPSA) is 51.4 Å². The largest absolute Gasteiger partial charge is 0.384 e. The second-order valence-electron chi connectivity index (χ2n) is 4.10. The number of nitrogens with two attached hydrogens (primary N) is 1. The fraction of sp³-hybridized carbons (Fsp3) is 0.545. The molecule has 1 saturated heterocycles. The Hall–Kier alpha value is -1.29. The van der Waals surface area contributed by atoms with Crippen LogP contribution >= 0.6 is 0 Å². The number of nitrogen functional groups attached to an aromatic ring is 1. The number of aromatic nitrogens is 1. The lowest BCUT2D eigenvalue weighted by Crippen LogP contribution is -2.45. The van der Waals surface area contributed by atoms with Gasteiger partial charge in [-0.05, 0) is 26.0 Å². The van der Waals surface area contributed by atoms with Gasteiger partial charge in [0.1, 0.15) is 5.82 Å². The number of pyridine rings is 1. The summed E-state index contributed by atoms with van der Waals surface area (Å²) in [6, 6.07) is 3.84. The van der Waals surface area contributed by atoms with E-state index in [1.807, 2.05) is 18.3 Å². The summed E-state index contributed by atoms with van der Waals surface area (Å²) >= 11 is 0. The predicted octanol–water partition coefficient (Wildman–Crippen LogP) is 1.28. The minimum atomic E-state index is 0.270. The number of ether oxygens (including phenoxy) is 1. The van der Waals surface area contributed by atoms with E-state index in [-0.39, 0.29) is 12.2 Å². The molecule has 0 radical (unpaired) electrons. The van der Waals surface area contributed by atoms with Crippen molar-refractivity contribution in [3.63, 3.8) is 0 Å². The molecule has 0 aliphatic carbocycles. The average Bonchev–Trinajstić information content (AvgIpc) is 2.17. The van der Waals surface area contributed by atoms with Crippen molar-refractivity contribution in [2.45, 2.75) is 26.1 Å². The van der Waals surface area contributed by atoms with E-state index in [0.29, 0.717) is 5.82 Å². The predicted molar refractivity (Wildman–Crippen MR) is 60.9 cm³/mol. The summed E-state index contributed by atoms with van der Waals surface area (Å²) in [6.07, 6.45) is 2.36. The van der Waals surface area contributed by atoms with Gasteiger partial charge in [-0.15, -0.1) is 0 Å². The van der Waals surface area contributed by atoms with Crippen LogP contribution in [-0.4, -0.2) is 30.3 Å². The van der Waals surface area contributed by atoms with Crippen LogP contribution in [0.2, 0.25) is 0 Å². The quantitative estimate of drug-likeness (QED) is 0.753. The van der Waals surface area contributed by atoms with Crippen molar-refractivity contribution >= 4 is 11.5 Å². The zero-order chi connectivity index (χ0) is 10.8. The minimum Gasteiger partial charge on any atom is -0.384 e. The molecular weight excluding hydrogens is 190 g/mol. The number of rotatable bonds is 1. The molecule has 0 saturated carbocycles. The first kappa shape index (κ1) is 10.2. The monoisotopic (exact) mass is 207 g/mol. The Kier molecular flexibility index (Phi) is 2.77. The maximum Gasteiger partial charge on any atom is 0.123 e. The van der Waals surface area contributed by atoms with Crippen LogP contribution in [0.5, 0.6) is 0 Å². The Morgan fingerprint density at radius 2 is 2.00 bits per heavy atom. The summed E-state index contributed by atoms with van der Waals surface area (Å²) in [6.45, 7) is 6.01. The molecule has 1 aromatic rings. The summed E-state index contributed by atoms with van der Waals surface area (Å²) in [5.74, 6) is 0.563. The Morgan fingerprint density at radius 3 is 2.53 bits per heavy atom. The van der Waals surface area contributed by atoms with Gasteiger partial charge < -0.3 is 15.4 Å². The molecule has 0 bridgehead atoms. The summed E-state index contributed by atoms with van der Waals surface area (Å²) in [4.78, 5) is 6.38. The molecule has 15 heavy (non-hydrogen) atoms. The highest BCUT2D eigenvalue weighted by molar-refractivity contribution is 5.48. The Morgan fingerprint density at radius 1 is 1.33 bits per heavy atom. The van der Waals surface area contributed by atoms with Gasteiger partial charge in [-0.3, -0.25) is 0 Å². The van der Waals surface area contributed by atoms with Crippen LogP contribution in [0.25, 0.3) is 0 Å². The summed E-state index contributed by atoms with van der Waals surface area (Å²) in [5, 5.41) is 0. The van der Waals surface area contributed by atoms with E-state index in [4.69, 9.17) is 10.5 Å². The number of hydrogen-bond donors (Lipinski definition) is 1. The molecule has 0 spiro atoms. The Bertz CT molecular complexity index is 315. The minimum absolute atomic E-state index is 0.270. The first-order valence-electron chi connectivity index (χ1n) is 5.27. The Balaban J connectivity index is 2.12. The lowest BCUT2D eigenvalue weighted by atomic mass is 10.2. The first-order chi connectivity index (χ1) is 7.15.